The summed E-state index contributed by atoms with van der Waals surface area (Å²) >= 11 is 1.67. The Labute approximate surface area is 151 Å². The summed E-state index contributed by atoms with van der Waals surface area (Å²) in [5, 5.41) is 8.75. The molecular formula is C21H18O3S. The quantitative estimate of drug-likeness (QED) is 0.640. The van der Waals surface area contributed by atoms with Crippen molar-refractivity contribution in [3.8, 4) is 5.75 Å². The maximum Gasteiger partial charge on any atom is 0.193 e. The first-order chi connectivity index (χ1) is 12.3. The van der Waals surface area contributed by atoms with Crippen LogP contribution in [0.15, 0.2) is 88.7 Å². The van der Waals surface area contributed by atoms with Crippen LogP contribution in [0.4, 0.5) is 0 Å². The highest BCUT2D eigenvalue weighted by Crippen LogP contribution is 2.27. The summed E-state index contributed by atoms with van der Waals surface area (Å²) in [7, 11) is 0. The molecule has 3 nitrogen and oxygen atoms in total. The number of rotatable bonds is 7. The molecule has 0 heterocycles. The van der Waals surface area contributed by atoms with Gasteiger partial charge in [-0.25, -0.2) is 0 Å². The van der Waals surface area contributed by atoms with E-state index in [1.165, 1.54) is 4.90 Å². The fraction of sp³-hybridized carbons (Fsp3) is 0.0952. The molecule has 3 aromatic carbocycles. The second-order valence-corrected chi connectivity index (χ2v) is 6.51. The van der Waals surface area contributed by atoms with Gasteiger partial charge in [0.15, 0.2) is 5.78 Å². The number of benzene rings is 3. The van der Waals surface area contributed by atoms with E-state index in [0.717, 1.165) is 4.90 Å². The minimum absolute atomic E-state index is 0.0232. The SMILES string of the molecule is O=C(c1ccc(OCCO)cc1)c1ccc(Sc2ccccc2)cc1. The number of hydrogen-bond donors (Lipinski definition) is 1. The number of ketones is 1. The van der Waals surface area contributed by atoms with E-state index in [4.69, 9.17) is 9.84 Å². The van der Waals surface area contributed by atoms with Gasteiger partial charge in [-0.3, -0.25) is 4.79 Å². The largest absolute Gasteiger partial charge is 0.491 e. The highest BCUT2D eigenvalue weighted by molar-refractivity contribution is 7.99. The van der Waals surface area contributed by atoms with Crippen LogP contribution in [0.3, 0.4) is 0 Å². The van der Waals surface area contributed by atoms with Crippen molar-refractivity contribution in [2.75, 3.05) is 13.2 Å². The molecule has 0 aliphatic heterocycles. The molecule has 4 heteroatoms. The molecular weight excluding hydrogens is 332 g/mol. The Hall–Kier alpha value is -2.56. The number of hydrogen-bond acceptors (Lipinski definition) is 4. The van der Waals surface area contributed by atoms with Crippen LogP contribution in [0.5, 0.6) is 5.75 Å². The van der Waals surface area contributed by atoms with Gasteiger partial charge in [0, 0.05) is 20.9 Å². The van der Waals surface area contributed by atoms with E-state index in [9.17, 15) is 4.79 Å². The summed E-state index contributed by atoms with van der Waals surface area (Å²) in [6.45, 7) is 0.210. The van der Waals surface area contributed by atoms with Gasteiger partial charge in [-0.1, -0.05) is 30.0 Å². The predicted molar refractivity (Wildman–Crippen MR) is 99.5 cm³/mol. The van der Waals surface area contributed by atoms with E-state index < -0.39 is 0 Å². The highest BCUT2D eigenvalue weighted by Gasteiger charge is 2.09. The Morgan fingerprint density at radius 1 is 0.800 bits per heavy atom. The van der Waals surface area contributed by atoms with Crippen LogP contribution in [-0.4, -0.2) is 24.1 Å². The minimum atomic E-state index is -0.0337. The Morgan fingerprint density at radius 2 is 1.36 bits per heavy atom. The van der Waals surface area contributed by atoms with Gasteiger partial charge in [0.1, 0.15) is 12.4 Å². The zero-order valence-corrected chi connectivity index (χ0v) is 14.4. The van der Waals surface area contributed by atoms with E-state index >= 15 is 0 Å². The van der Waals surface area contributed by atoms with Crippen LogP contribution in [0.25, 0.3) is 0 Å². The van der Waals surface area contributed by atoms with Crippen LogP contribution >= 0.6 is 11.8 Å². The average molecular weight is 350 g/mol. The van der Waals surface area contributed by atoms with Crippen molar-refractivity contribution >= 4 is 17.5 Å². The molecule has 0 unspecified atom stereocenters. The van der Waals surface area contributed by atoms with Gasteiger partial charge < -0.3 is 9.84 Å². The maximum absolute atomic E-state index is 12.6. The number of ether oxygens (including phenoxy) is 1. The molecule has 0 saturated heterocycles. The second kappa shape index (κ2) is 8.51. The molecule has 0 aliphatic rings. The van der Waals surface area contributed by atoms with Crippen LogP contribution in [0, 0.1) is 0 Å². The molecule has 25 heavy (non-hydrogen) atoms. The van der Waals surface area contributed by atoms with E-state index in [-0.39, 0.29) is 19.0 Å². The third kappa shape index (κ3) is 4.72. The van der Waals surface area contributed by atoms with Crippen molar-refractivity contribution in [3.05, 3.63) is 90.0 Å². The van der Waals surface area contributed by atoms with Gasteiger partial charge in [0.2, 0.25) is 0 Å². The van der Waals surface area contributed by atoms with Crippen LogP contribution < -0.4 is 4.74 Å². The topological polar surface area (TPSA) is 46.5 Å². The van der Waals surface area contributed by atoms with Crippen LogP contribution in [0.2, 0.25) is 0 Å². The van der Waals surface area contributed by atoms with Gasteiger partial charge in [-0.2, -0.15) is 0 Å². The number of carbonyl (C=O) groups excluding carboxylic acids is 1. The summed E-state index contributed by atoms with van der Waals surface area (Å²) in [5.74, 6) is 0.616. The normalized spacial score (nSPS) is 10.4. The maximum atomic E-state index is 12.6. The van der Waals surface area contributed by atoms with Crippen molar-refractivity contribution in [2.24, 2.45) is 0 Å². The van der Waals surface area contributed by atoms with Gasteiger partial charge in [-0.15, -0.1) is 0 Å². The van der Waals surface area contributed by atoms with Crippen molar-refractivity contribution in [1.29, 1.82) is 0 Å². The zero-order valence-electron chi connectivity index (χ0n) is 13.6. The average Bonchev–Trinajstić information content (AvgIpc) is 2.68. The van der Waals surface area contributed by atoms with Crippen molar-refractivity contribution in [2.45, 2.75) is 9.79 Å². The summed E-state index contributed by atoms with van der Waals surface area (Å²) in [4.78, 5) is 14.8. The highest BCUT2D eigenvalue weighted by atomic mass is 32.2. The summed E-state index contributed by atoms with van der Waals surface area (Å²) in [6.07, 6.45) is 0. The van der Waals surface area contributed by atoms with Crippen LogP contribution in [0.1, 0.15) is 15.9 Å². The first-order valence-electron chi connectivity index (χ1n) is 7.97. The smallest absolute Gasteiger partial charge is 0.193 e. The number of aliphatic hydroxyl groups excluding tert-OH is 1. The summed E-state index contributed by atoms with van der Waals surface area (Å²) in [6, 6.07) is 24.7. The van der Waals surface area contributed by atoms with E-state index in [1.54, 1.807) is 36.0 Å². The van der Waals surface area contributed by atoms with Crippen molar-refractivity contribution in [1.82, 2.24) is 0 Å². The van der Waals surface area contributed by atoms with E-state index in [0.29, 0.717) is 16.9 Å². The second-order valence-electron chi connectivity index (χ2n) is 5.37. The number of aliphatic hydroxyl groups is 1. The Balaban J connectivity index is 1.68. The van der Waals surface area contributed by atoms with E-state index in [1.807, 2.05) is 42.5 Å². The lowest BCUT2D eigenvalue weighted by atomic mass is 10.0. The minimum Gasteiger partial charge on any atom is -0.491 e. The third-order valence-corrected chi connectivity index (χ3v) is 4.59. The van der Waals surface area contributed by atoms with Gasteiger partial charge in [0.25, 0.3) is 0 Å². The molecule has 0 spiro atoms. The molecule has 0 fully saturated rings. The fourth-order valence-corrected chi connectivity index (χ4v) is 3.17. The lowest BCUT2D eigenvalue weighted by Crippen LogP contribution is -2.03. The van der Waals surface area contributed by atoms with Crippen LogP contribution in [-0.2, 0) is 0 Å². The molecule has 0 atom stereocenters. The zero-order chi connectivity index (χ0) is 17.5. The Morgan fingerprint density at radius 3 is 1.96 bits per heavy atom. The first kappa shape index (κ1) is 17.3. The summed E-state index contributed by atoms with van der Waals surface area (Å²) in [5.41, 5.74) is 1.27. The lowest BCUT2D eigenvalue weighted by Gasteiger charge is -2.06. The van der Waals surface area contributed by atoms with Gasteiger partial charge in [0.05, 0.1) is 6.61 Å². The molecule has 0 aliphatic carbocycles. The predicted octanol–water partition coefficient (Wildman–Crippen LogP) is 4.44. The molecule has 0 aromatic heterocycles. The molecule has 0 radical (unpaired) electrons. The summed E-state index contributed by atoms with van der Waals surface area (Å²) < 4.78 is 5.30. The van der Waals surface area contributed by atoms with Crippen molar-refractivity contribution < 1.29 is 14.6 Å². The first-order valence-corrected chi connectivity index (χ1v) is 8.79. The Kier molecular flexibility index (Phi) is 5.88. The third-order valence-electron chi connectivity index (χ3n) is 3.57. The molecule has 0 amide bonds. The number of carbonyl (C=O) groups is 1. The molecule has 0 saturated carbocycles. The molecule has 3 rings (SSSR count). The monoisotopic (exact) mass is 350 g/mol. The van der Waals surface area contributed by atoms with Gasteiger partial charge in [-0.05, 0) is 60.7 Å². The van der Waals surface area contributed by atoms with Gasteiger partial charge >= 0.3 is 0 Å². The standard InChI is InChI=1S/C21H18O3S/c22-14-15-24-18-10-6-16(7-11-18)21(23)17-8-12-20(13-9-17)25-19-4-2-1-3-5-19/h1-13,22H,14-15H2. The lowest BCUT2D eigenvalue weighted by molar-refractivity contribution is 0.103. The molecule has 0 bridgehead atoms. The Bertz CT molecular complexity index is 812. The molecule has 126 valence electrons. The van der Waals surface area contributed by atoms with E-state index in [2.05, 4.69) is 12.1 Å². The molecule has 1 N–H and O–H groups in total. The molecule has 3 aromatic rings. The fourth-order valence-electron chi connectivity index (χ4n) is 2.33. The van der Waals surface area contributed by atoms with Crippen molar-refractivity contribution in [3.63, 3.8) is 0 Å².